The predicted molar refractivity (Wildman–Crippen MR) is 65.6 cm³/mol. The van der Waals surface area contributed by atoms with Gasteiger partial charge in [-0.05, 0) is 36.5 Å². The Hall–Kier alpha value is -1.77. The second-order valence-corrected chi connectivity index (χ2v) is 4.50. The Morgan fingerprint density at radius 3 is 2.88 bits per heavy atom. The summed E-state index contributed by atoms with van der Waals surface area (Å²) in [5.41, 5.74) is 4.90. The lowest BCUT2D eigenvalue weighted by atomic mass is 9.84. The molecule has 1 heterocycles. The maximum absolute atomic E-state index is 11.4. The summed E-state index contributed by atoms with van der Waals surface area (Å²) >= 11 is 0. The topological polar surface area (TPSA) is 38.3 Å². The van der Waals surface area contributed by atoms with Gasteiger partial charge in [0.05, 0.1) is 7.11 Å². The number of allylic oxidation sites excluding steroid dienone is 2. The first kappa shape index (κ1) is 10.4. The third-order valence-corrected chi connectivity index (χ3v) is 3.54. The Balaban J connectivity index is 2.16. The van der Waals surface area contributed by atoms with Crippen molar-refractivity contribution in [2.75, 3.05) is 7.11 Å². The van der Waals surface area contributed by atoms with Crippen LogP contribution in [0.5, 0.6) is 5.75 Å². The summed E-state index contributed by atoms with van der Waals surface area (Å²) in [4.78, 5) is 11.4. The van der Waals surface area contributed by atoms with Gasteiger partial charge in [-0.15, -0.1) is 0 Å². The monoisotopic (exact) mass is 229 g/mol. The normalized spacial score (nSPS) is 18.3. The van der Waals surface area contributed by atoms with E-state index in [1.165, 1.54) is 16.7 Å². The third-order valence-electron chi connectivity index (χ3n) is 3.54. The number of hydrogen-bond donors (Lipinski definition) is 1. The van der Waals surface area contributed by atoms with Gasteiger partial charge in [0.1, 0.15) is 5.75 Å². The van der Waals surface area contributed by atoms with Crippen LogP contribution in [0.1, 0.15) is 30.4 Å². The molecule has 0 spiro atoms. The van der Waals surface area contributed by atoms with Gasteiger partial charge in [-0.25, -0.2) is 0 Å². The molecule has 1 aromatic rings. The Bertz CT molecular complexity index is 517. The van der Waals surface area contributed by atoms with Gasteiger partial charge in [0.2, 0.25) is 5.91 Å². The Labute approximate surface area is 100 Å². The molecule has 0 fully saturated rings. The number of methoxy groups -OCH3 is 1. The highest BCUT2D eigenvalue weighted by molar-refractivity contribution is 5.89. The zero-order valence-electron chi connectivity index (χ0n) is 9.88. The van der Waals surface area contributed by atoms with Crippen LogP contribution in [-0.2, 0) is 11.2 Å². The number of nitrogens with one attached hydrogen (secondary N) is 1. The van der Waals surface area contributed by atoms with Gasteiger partial charge in [0.15, 0.2) is 0 Å². The van der Waals surface area contributed by atoms with E-state index in [1.54, 1.807) is 7.11 Å². The predicted octanol–water partition coefficient (Wildman–Crippen LogP) is 2.26. The van der Waals surface area contributed by atoms with Crippen LogP contribution in [0.4, 0.5) is 0 Å². The van der Waals surface area contributed by atoms with Crippen molar-refractivity contribution in [3.05, 3.63) is 35.0 Å². The summed E-state index contributed by atoms with van der Waals surface area (Å²) < 4.78 is 5.44. The van der Waals surface area contributed by atoms with Crippen molar-refractivity contribution in [1.82, 2.24) is 5.32 Å². The molecule has 17 heavy (non-hydrogen) atoms. The lowest BCUT2D eigenvalue weighted by Gasteiger charge is -2.28. The standard InChI is InChI=1S/C14H15NO2/c1-17-12-4-2-3-9-5-7-11-10(14(9)12)6-8-13(16)15-11/h2-4H,5-8H2,1H3,(H,15,16). The zero-order valence-corrected chi connectivity index (χ0v) is 9.88. The van der Waals surface area contributed by atoms with E-state index in [0.29, 0.717) is 6.42 Å². The van der Waals surface area contributed by atoms with Crippen LogP contribution in [0.2, 0.25) is 0 Å². The number of amides is 1. The van der Waals surface area contributed by atoms with Crippen LogP contribution >= 0.6 is 0 Å². The van der Waals surface area contributed by atoms with Crippen LogP contribution in [0, 0.1) is 0 Å². The number of aryl methyl sites for hydroxylation is 1. The summed E-state index contributed by atoms with van der Waals surface area (Å²) in [5, 5.41) is 3.00. The highest BCUT2D eigenvalue weighted by Crippen LogP contribution is 2.40. The molecule has 0 atom stereocenters. The van der Waals surface area contributed by atoms with E-state index in [9.17, 15) is 4.79 Å². The van der Waals surface area contributed by atoms with E-state index < -0.39 is 0 Å². The van der Waals surface area contributed by atoms with Gasteiger partial charge in [0.25, 0.3) is 0 Å². The van der Waals surface area contributed by atoms with Gasteiger partial charge in [-0.1, -0.05) is 12.1 Å². The number of ether oxygens (including phenoxy) is 1. The van der Waals surface area contributed by atoms with Crippen LogP contribution in [-0.4, -0.2) is 13.0 Å². The van der Waals surface area contributed by atoms with Gasteiger partial charge in [-0.3, -0.25) is 4.79 Å². The second-order valence-electron chi connectivity index (χ2n) is 4.50. The van der Waals surface area contributed by atoms with E-state index in [4.69, 9.17) is 4.74 Å². The summed E-state index contributed by atoms with van der Waals surface area (Å²) in [6.45, 7) is 0. The maximum Gasteiger partial charge on any atom is 0.224 e. The Morgan fingerprint density at radius 1 is 1.18 bits per heavy atom. The first-order chi connectivity index (χ1) is 8.29. The molecule has 0 saturated carbocycles. The minimum absolute atomic E-state index is 0.141. The van der Waals surface area contributed by atoms with Crippen LogP contribution < -0.4 is 10.1 Å². The lowest BCUT2D eigenvalue weighted by molar-refractivity contribution is -0.120. The minimum atomic E-state index is 0.141. The lowest BCUT2D eigenvalue weighted by Crippen LogP contribution is -2.29. The molecular weight excluding hydrogens is 214 g/mol. The van der Waals surface area contributed by atoms with E-state index in [1.807, 2.05) is 12.1 Å². The quantitative estimate of drug-likeness (QED) is 0.802. The zero-order chi connectivity index (χ0) is 11.8. The largest absolute Gasteiger partial charge is 0.496 e. The molecule has 3 rings (SSSR count). The number of carbonyl (C=O) groups is 1. The van der Waals surface area contributed by atoms with Gasteiger partial charge < -0.3 is 10.1 Å². The SMILES string of the molecule is COc1cccc2c1C1=C(CC2)NC(=O)CC1. The number of rotatable bonds is 1. The molecule has 1 aliphatic carbocycles. The van der Waals surface area contributed by atoms with Crippen molar-refractivity contribution in [3.63, 3.8) is 0 Å². The van der Waals surface area contributed by atoms with Crippen LogP contribution in [0.25, 0.3) is 5.57 Å². The fourth-order valence-corrected chi connectivity index (χ4v) is 2.74. The molecule has 0 aromatic heterocycles. The maximum atomic E-state index is 11.4. The van der Waals surface area contributed by atoms with Gasteiger partial charge in [0, 0.05) is 17.7 Å². The van der Waals surface area contributed by atoms with E-state index in [-0.39, 0.29) is 5.91 Å². The molecule has 2 aliphatic rings. The van der Waals surface area contributed by atoms with Crippen LogP contribution in [0.15, 0.2) is 23.9 Å². The van der Waals surface area contributed by atoms with Crippen LogP contribution in [0.3, 0.4) is 0 Å². The molecule has 0 unspecified atom stereocenters. The minimum Gasteiger partial charge on any atom is -0.496 e. The molecule has 88 valence electrons. The first-order valence-corrected chi connectivity index (χ1v) is 5.97. The number of benzene rings is 1. The smallest absolute Gasteiger partial charge is 0.224 e. The average molecular weight is 229 g/mol. The van der Waals surface area contributed by atoms with E-state index >= 15 is 0 Å². The molecule has 1 N–H and O–H groups in total. The highest BCUT2D eigenvalue weighted by atomic mass is 16.5. The molecule has 1 aliphatic heterocycles. The summed E-state index contributed by atoms with van der Waals surface area (Å²) in [6, 6.07) is 6.17. The average Bonchev–Trinajstić information content (AvgIpc) is 2.37. The number of carbonyl (C=O) groups excluding carboxylic acids is 1. The summed E-state index contributed by atoms with van der Waals surface area (Å²) in [6.07, 6.45) is 3.32. The van der Waals surface area contributed by atoms with Crippen molar-refractivity contribution in [3.8, 4) is 5.75 Å². The summed E-state index contributed by atoms with van der Waals surface area (Å²) in [5.74, 6) is 1.06. The van der Waals surface area contributed by atoms with Crippen molar-refractivity contribution >= 4 is 11.5 Å². The van der Waals surface area contributed by atoms with E-state index in [0.717, 1.165) is 30.7 Å². The Morgan fingerprint density at radius 2 is 2.06 bits per heavy atom. The molecule has 0 saturated heterocycles. The third kappa shape index (κ3) is 1.62. The highest BCUT2D eigenvalue weighted by Gasteiger charge is 2.26. The number of fused-ring (bicyclic) bond motifs is 2. The first-order valence-electron chi connectivity index (χ1n) is 5.97. The number of hydrogen-bond acceptors (Lipinski definition) is 2. The fraction of sp³-hybridized carbons (Fsp3) is 0.357. The van der Waals surface area contributed by atoms with E-state index in [2.05, 4.69) is 11.4 Å². The molecule has 1 amide bonds. The summed E-state index contributed by atoms with van der Waals surface area (Å²) in [7, 11) is 1.70. The molecule has 0 bridgehead atoms. The van der Waals surface area contributed by atoms with Crippen molar-refractivity contribution < 1.29 is 9.53 Å². The van der Waals surface area contributed by atoms with Crippen molar-refractivity contribution in [2.24, 2.45) is 0 Å². The molecular formula is C14H15NO2. The second kappa shape index (κ2) is 3.91. The van der Waals surface area contributed by atoms with Crippen molar-refractivity contribution in [1.29, 1.82) is 0 Å². The molecule has 3 heteroatoms. The molecule has 3 nitrogen and oxygen atoms in total. The Kier molecular flexibility index (Phi) is 2.39. The van der Waals surface area contributed by atoms with Gasteiger partial charge in [-0.2, -0.15) is 0 Å². The van der Waals surface area contributed by atoms with Crippen molar-refractivity contribution in [2.45, 2.75) is 25.7 Å². The fourth-order valence-electron chi connectivity index (χ4n) is 2.74. The molecule has 0 radical (unpaired) electrons. The molecule has 1 aromatic carbocycles. The van der Waals surface area contributed by atoms with Gasteiger partial charge >= 0.3 is 0 Å².